The fraction of sp³-hybridized carbons (Fsp3) is 0.273. The second-order valence-corrected chi connectivity index (χ2v) is 7.60. The van der Waals surface area contributed by atoms with Crippen LogP contribution in [0.25, 0.3) is 11.0 Å². The highest BCUT2D eigenvalue weighted by molar-refractivity contribution is 5.94. The lowest BCUT2D eigenvalue weighted by Gasteiger charge is -2.19. The zero-order valence-corrected chi connectivity index (χ0v) is 15.6. The molecule has 0 radical (unpaired) electrons. The van der Waals surface area contributed by atoms with Gasteiger partial charge in [-0.3, -0.25) is 4.79 Å². The van der Waals surface area contributed by atoms with Crippen LogP contribution in [0.15, 0.2) is 57.7 Å². The summed E-state index contributed by atoms with van der Waals surface area (Å²) in [5.74, 6) is -0.168. The van der Waals surface area contributed by atoms with Gasteiger partial charge in [-0.1, -0.05) is 44.5 Å². The number of fused-ring (bicyclic) bond motifs is 1. The normalized spacial score (nSPS) is 11.5. The number of amides is 1. The molecule has 0 unspecified atom stereocenters. The molecule has 0 aliphatic carbocycles. The molecule has 134 valence electrons. The minimum atomic E-state index is -0.416. The first kappa shape index (κ1) is 17.9. The fourth-order valence-corrected chi connectivity index (χ4v) is 2.82. The number of benzene rings is 2. The van der Waals surface area contributed by atoms with Crippen molar-refractivity contribution in [1.29, 1.82) is 0 Å². The van der Waals surface area contributed by atoms with Gasteiger partial charge in [-0.05, 0) is 47.7 Å². The van der Waals surface area contributed by atoms with Crippen LogP contribution < -0.4 is 10.9 Å². The maximum absolute atomic E-state index is 12.4. The number of nitrogens with one attached hydrogen (secondary N) is 1. The van der Waals surface area contributed by atoms with Crippen molar-refractivity contribution in [3.8, 4) is 0 Å². The molecule has 0 spiro atoms. The Morgan fingerprint density at radius 2 is 1.73 bits per heavy atom. The summed E-state index contributed by atoms with van der Waals surface area (Å²) in [6.45, 7) is 8.64. The zero-order chi connectivity index (χ0) is 18.9. The van der Waals surface area contributed by atoms with Crippen molar-refractivity contribution in [2.45, 2.75) is 39.7 Å². The third-order valence-corrected chi connectivity index (χ3v) is 4.45. The van der Waals surface area contributed by atoms with Gasteiger partial charge in [-0.15, -0.1) is 0 Å². The van der Waals surface area contributed by atoms with Gasteiger partial charge in [0, 0.05) is 23.6 Å². The van der Waals surface area contributed by atoms with Crippen molar-refractivity contribution < 1.29 is 9.21 Å². The Labute approximate surface area is 152 Å². The van der Waals surface area contributed by atoms with Crippen LogP contribution >= 0.6 is 0 Å². The van der Waals surface area contributed by atoms with Crippen molar-refractivity contribution in [2.75, 3.05) is 0 Å². The molecule has 1 amide bonds. The van der Waals surface area contributed by atoms with E-state index in [0.29, 0.717) is 11.1 Å². The van der Waals surface area contributed by atoms with Crippen molar-refractivity contribution >= 4 is 16.9 Å². The lowest BCUT2D eigenvalue weighted by atomic mass is 9.86. The summed E-state index contributed by atoms with van der Waals surface area (Å²) in [4.78, 5) is 24.2. The summed E-state index contributed by atoms with van der Waals surface area (Å²) < 4.78 is 5.31. The molecule has 2 aromatic carbocycles. The summed E-state index contributed by atoms with van der Waals surface area (Å²) in [5, 5.41) is 3.74. The van der Waals surface area contributed by atoms with Gasteiger partial charge in [0.1, 0.15) is 5.58 Å². The largest absolute Gasteiger partial charge is 0.423 e. The SMILES string of the molecule is Cc1ccc(C(=O)NCc2cc(=O)oc3ccc(C(C)(C)C)cc23)cc1. The second kappa shape index (κ2) is 6.79. The van der Waals surface area contributed by atoms with Gasteiger partial charge in [0.2, 0.25) is 0 Å². The Hall–Kier alpha value is -2.88. The topological polar surface area (TPSA) is 59.3 Å². The van der Waals surface area contributed by atoms with E-state index in [2.05, 4.69) is 26.1 Å². The highest BCUT2D eigenvalue weighted by Gasteiger charge is 2.16. The van der Waals surface area contributed by atoms with E-state index in [0.717, 1.165) is 22.1 Å². The van der Waals surface area contributed by atoms with Crippen LogP contribution in [-0.2, 0) is 12.0 Å². The molecule has 1 heterocycles. The number of carbonyl (C=O) groups is 1. The van der Waals surface area contributed by atoms with E-state index >= 15 is 0 Å². The molecule has 0 saturated heterocycles. The summed E-state index contributed by atoms with van der Waals surface area (Å²) in [5.41, 5.74) is 3.69. The van der Waals surface area contributed by atoms with Gasteiger partial charge in [-0.2, -0.15) is 0 Å². The molecule has 0 aliphatic heterocycles. The first-order valence-corrected chi connectivity index (χ1v) is 8.66. The van der Waals surface area contributed by atoms with Crippen LogP contribution in [0.5, 0.6) is 0 Å². The van der Waals surface area contributed by atoms with E-state index in [4.69, 9.17) is 4.42 Å². The van der Waals surface area contributed by atoms with Gasteiger partial charge in [0.15, 0.2) is 0 Å². The van der Waals surface area contributed by atoms with E-state index in [1.807, 2.05) is 37.3 Å². The first-order valence-electron chi connectivity index (χ1n) is 8.66. The molecule has 1 aromatic heterocycles. The van der Waals surface area contributed by atoms with Gasteiger partial charge in [0.05, 0.1) is 0 Å². The Bertz CT molecular complexity index is 1010. The molecular weight excluding hydrogens is 326 g/mol. The minimum Gasteiger partial charge on any atom is -0.423 e. The van der Waals surface area contributed by atoms with Crippen molar-refractivity contribution in [2.24, 2.45) is 0 Å². The van der Waals surface area contributed by atoms with Crippen molar-refractivity contribution in [3.63, 3.8) is 0 Å². The van der Waals surface area contributed by atoms with Crippen LogP contribution in [0.2, 0.25) is 0 Å². The molecule has 0 fully saturated rings. The predicted octanol–water partition coefficient (Wildman–Crippen LogP) is 4.33. The van der Waals surface area contributed by atoms with Gasteiger partial charge < -0.3 is 9.73 Å². The van der Waals surface area contributed by atoms with Gasteiger partial charge in [0.25, 0.3) is 5.91 Å². The molecule has 0 aliphatic rings. The molecule has 0 atom stereocenters. The average Bonchev–Trinajstić information content (AvgIpc) is 2.58. The third-order valence-electron chi connectivity index (χ3n) is 4.45. The minimum absolute atomic E-state index is 0.0211. The molecule has 0 saturated carbocycles. The van der Waals surface area contributed by atoms with Crippen LogP contribution in [-0.4, -0.2) is 5.91 Å². The molecule has 0 bridgehead atoms. The standard InChI is InChI=1S/C22H23NO3/c1-14-5-7-15(8-6-14)21(25)23-13-16-11-20(24)26-19-10-9-17(12-18(16)19)22(2,3)4/h5-12H,13H2,1-4H3,(H,23,25). The number of hydrogen-bond acceptors (Lipinski definition) is 3. The van der Waals surface area contributed by atoms with Crippen molar-refractivity contribution in [1.82, 2.24) is 5.32 Å². The Morgan fingerprint density at radius 1 is 1.04 bits per heavy atom. The number of aryl methyl sites for hydroxylation is 1. The van der Waals surface area contributed by atoms with E-state index in [9.17, 15) is 9.59 Å². The summed E-state index contributed by atoms with van der Waals surface area (Å²) >= 11 is 0. The molecule has 3 aromatic rings. The highest BCUT2D eigenvalue weighted by atomic mass is 16.4. The summed E-state index contributed by atoms with van der Waals surface area (Å²) in [6, 6.07) is 14.7. The Balaban J connectivity index is 1.92. The van der Waals surface area contributed by atoms with E-state index in [1.165, 1.54) is 6.07 Å². The van der Waals surface area contributed by atoms with E-state index < -0.39 is 5.63 Å². The number of rotatable bonds is 3. The molecule has 4 heteroatoms. The van der Waals surface area contributed by atoms with E-state index in [1.54, 1.807) is 12.1 Å². The average molecular weight is 349 g/mol. The quantitative estimate of drug-likeness (QED) is 0.716. The molecule has 26 heavy (non-hydrogen) atoms. The molecule has 1 N–H and O–H groups in total. The summed E-state index contributed by atoms with van der Waals surface area (Å²) in [7, 11) is 0. The van der Waals surface area contributed by atoms with Crippen LogP contribution in [0.4, 0.5) is 0 Å². The maximum Gasteiger partial charge on any atom is 0.336 e. The second-order valence-electron chi connectivity index (χ2n) is 7.60. The molecular formula is C22H23NO3. The first-order chi connectivity index (χ1) is 12.2. The Kier molecular flexibility index (Phi) is 4.68. The number of hydrogen-bond donors (Lipinski definition) is 1. The highest BCUT2D eigenvalue weighted by Crippen LogP contribution is 2.27. The lowest BCUT2D eigenvalue weighted by Crippen LogP contribution is -2.23. The van der Waals surface area contributed by atoms with Crippen LogP contribution in [0.1, 0.15) is 47.8 Å². The van der Waals surface area contributed by atoms with Crippen LogP contribution in [0.3, 0.4) is 0 Å². The molecule has 3 rings (SSSR count). The molecule has 4 nitrogen and oxygen atoms in total. The predicted molar refractivity (Wildman–Crippen MR) is 104 cm³/mol. The van der Waals surface area contributed by atoms with Crippen LogP contribution in [0, 0.1) is 6.92 Å². The lowest BCUT2D eigenvalue weighted by molar-refractivity contribution is 0.0951. The zero-order valence-electron chi connectivity index (χ0n) is 15.6. The smallest absolute Gasteiger partial charge is 0.336 e. The Morgan fingerprint density at radius 3 is 2.38 bits per heavy atom. The maximum atomic E-state index is 12.4. The van der Waals surface area contributed by atoms with Gasteiger partial charge >= 0.3 is 5.63 Å². The fourth-order valence-electron chi connectivity index (χ4n) is 2.82. The van der Waals surface area contributed by atoms with Gasteiger partial charge in [-0.25, -0.2) is 4.79 Å². The van der Waals surface area contributed by atoms with Crippen molar-refractivity contribution in [3.05, 3.63) is 81.2 Å². The van der Waals surface area contributed by atoms with E-state index in [-0.39, 0.29) is 17.9 Å². The number of carbonyl (C=O) groups excluding carboxylic acids is 1. The summed E-state index contributed by atoms with van der Waals surface area (Å²) in [6.07, 6.45) is 0. The monoisotopic (exact) mass is 349 g/mol. The third kappa shape index (κ3) is 3.85.